The lowest BCUT2D eigenvalue weighted by molar-refractivity contribution is -0.132. The van der Waals surface area contributed by atoms with Crippen LogP contribution in [0.15, 0.2) is 45.9 Å². The number of hydrogen-bond donors (Lipinski definition) is 0. The molecule has 1 saturated heterocycles. The van der Waals surface area contributed by atoms with Gasteiger partial charge in [-0.05, 0) is 24.3 Å². The molecule has 1 fully saturated rings. The molecule has 3 aromatic rings. The molecule has 0 saturated carbocycles. The topological polar surface area (TPSA) is 117 Å². The third-order valence-corrected chi connectivity index (χ3v) is 7.32. The molecule has 0 unspecified atom stereocenters. The van der Waals surface area contributed by atoms with Gasteiger partial charge < -0.3 is 14.2 Å². The van der Waals surface area contributed by atoms with E-state index < -0.39 is 10.0 Å². The first-order valence-electron chi connectivity index (χ1n) is 9.16. The van der Waals surface area contributed by atoms with Crippen LogP contribution in [0.25, 0.3) is 11.0 Å². The van der Waals surface area contributed by atoms with Gasteiger partial charge in [-0.15, -0.1) is 0 Å². The van der Waals surface area contributed by atoms with Gasteiger partial charge in [0.05, 0.1) is 24.5 Å². The maximum atomic E-state index is 13.0. The molecule has 0 atom stereocenters. The molecule has 0 bridgehead atoms. The van der Waals surface area contributed by atoms with E-state index >= 15 is 0 Å². The van der Waals surface area contributed by atoms with Crippen molar-refractivity contribution in [3.63, 3.8) is 0 Å². The van der Waals surface area contributed by atoms with E-state index in [4.69, 9.17) is 4.42 Å². The van der Waals surface area contributed by atoms with E-state index in [9.17, 15) is 18.0 Å². The molecule has 12 heteroatoms. The Balaban J connectivity index is 1.39. The Morgan fingerprint density at radius 2 is 1.83 bits per heavy atom. The number of carbonyl (C=O) groups is 2. The third-order valence-electron chi connectivity index (χ3n) is 4.95. The summed E-state index contributed by atoms with van der Waals surface area (Å²) < 4.78 is 40.2. The molecule has 1 aromatic carbocycles. The number of aromatic nitrogens is 2. The first-order chi connectivity index (χ1) is 14.4. The van der Waals surface area contributed by atoms with Crippen molar-refractivity contribution in [3.8, 4) is 0 Å². The van der Waals surface area contributed by atoms with Crippen LogP contribution in [0, 0.1) is 0 Å². The summed E-state index contributed by atoms with van der Waals surface area (Å²) in [6.07, 6.45) is 1.44. The fourth-order valence-corrected chi connectivity index (χ4v) is 5.12. The lowest BCUT2D eigenvalue weighted by Crippen LogP contribution is -2.52. The van der Waals surface area contributed by atoms with E-state index in [1.54, 1.807) is 34.1 Å². The number of hydrogen-bond acceptors (Lipinski definition) is 8. The van der Waals surface area contributed by atoms with Gasteiger partial charge in [0, 0.05) is 33.2 Å². The second kappa shape index (κ2) is 8.13. The molecule has 30 heavy (non-hydrogen) atoms. The van der Waals surface area contributed by atoms with Crippen LogP contribution in [0.2, 0.25) is 0 Å². The average molecular weight is 450 g/mol. The van der Waals surface area contributed by atoms with Gasteiger partial charge in [-0.3, -0.25) is 9.59 Å². The number of amides is 2. The quantitative estimate of drug-likeness (QED) is 0.568. The summed E-state index contributed by atoms with van der Waals surface area (Å²) in [5.41, 5.74) is 0.796. The molecule has 1 aliphatic rings. The zero-order valence-electron chi connectivity index (χ0n) is 16.1. The summed E-state index contributed by atoms with van der Waals surface area (Å²) >= 11 is 0.936. The SMILES string of the molecule is CN(CC(=O)N1CCN(C(=O)c2ccco2)CC1)S(=O)(=O)c1cccc2nsnc12. The fourth-order valence-electron chi connectivity index (χ4n) is 3.25. The number of nitrogens with zero attached hydrogens (tertiary/aromatic N) is 5. The lowest BCUT2D eigenvalue weighted by atomic mass is 10.3. The Morgan fingerprint density at radius 3 is 2.53 bits per heavy atom. The van der Waals surface area contributed by atoms with Crippen molar-refractivity contribution in [3.05, 3.63) is 42.4 Å². The van der Waals surface area contributed by atoms with Crippen LogP contribution >= 0.6 is 11.7 Å². The number of sulfonamides is 1. The van der Waals surface area contributed by atoms with Crippen LogP contribution < -0.4 is 0 Å². The maximum Gasteiger partial charge on any atom is 0.289 e. The number of rotatable bonds is 5. The molecule has 0 spiro atoms. The van der Waals surface area contributed by atoms with Gasteiger partial charge in [-0.2, -0.15) is 13.1 Å². The summed E-state index contributed by atoms with van der Waals surface area (Å²) in [7, 11) is -2.55. The van der Waals surface area contributed by atoms with E-state index in [0.717, 1.165) is 16.0 Å². The zero-order chi connectivity index (χ0) is 21.3. The second-order valence-electron chi connectivity index (χ2n) is 6.80. The monoisotopic (exact) mass is 449 g/mol. The minimum atomic E-state index is -3.91. The van der Waals surface area contributed by atoms with E-state index in [2.05, 4.69) is 8.75 Å². The Hall–Kier alpha value is -2.83. The zero-order valence-corrected chi connectivity index (χ0v) is 17.7. The third kappa shape index (κ3) is 3.80. The van der Waals surface area contributed by atoms with Gasteiger partial charge in [-0.1, -0.05) is 6.07 Å². The highest BCUT2D eigenvalue weighted by Gasteiger charge is 2.30. The lowest BCUT2D eigenvalue weighted by Gasteiger charge is -2.35. The van der Waals surface area contributed by atoms with Gasteiger partial charge in [0.1, 0.15) is 15.9 Å². The minimum absolute atomic E-state index is 0.0258. The predicted octanol–water partition coefficient (Wildman–Crippen LogP) is 0.889. The van der Waals surface area contributed by atoms with Crippen LogP contribution in [0.4, 0.5) is 0 Å². The molecule has 0 radical (unpaired) electrons. The normalized spacial score (nSPS) is 15.1. The van der Waals surface area contributed by atoms with E-state index in [0.29, 0.717) is 37.2 Å². The highest BCUT2D eigenvalue weighted by atomic mass is 32.2. The molecule has 10 nitrogen and oxygen atoms in total. The first-order valence-corrected chi connectivity index (χ1v) is 11.3. The van der Waals surface area contributed by atoms with Gasteiger partial charge in [0.2, 0.25) is 15.9 Å². The average Bonchev–Trinajstić information content (AvgIpc) is 3.44. The molecule has 3 heterocycles. The molecular formula is C18H19N5O5S2. The first kappa shape index (κ1) is 20.4. The highest BCUT2D eigenvalue weighted by molar-refractivity contribution is 7.89. The molecule has 1 aliphatic heterocycles. The van der Waals surface area contributed by atoms with Crippen LogP contribution in [0.5, 0.6) is 0 Å². The van der Waals surface area contributed by atoms with Crippen molar-refractivity contribution in [2.75, 3.05) is 39.8 Å². The number of piperazine rings is 1. The number of fused-ring (bicyclic) bond motifs is 1. The molecular weight excluding hydrogens is 430 g/mol. The van der Waals surface area contributed by atoms with Gasteiger partial charge in [0.15, 0.2) is 5.76 Å². The predicted molar refractivity (Wildman–Crippen MR) is 108 cm³/mol. The van der Waals surface area contributed by atoms with Gasteiger partial charge in [-0.25, -0.2) is 8.42 Å². The van der Waals surface area contributed by atoms with Crippen LogP contribution in [0.1, 0.15) is 10.6 Å². The fraction of sp³-hybridized carbons (Fsp3) is 0.333. The summed E-state index contributed by atoms with van der Waals surface area (Å²) in [4.78, 5) is 28.2. The van der Waals surface area contributed by atoms with Crippen LogP contribution in [0.3, 0.4) is 0 Å². The molecule has 0 N–H and O–H groups in total. The smallest absolute Gasteiger partial charge is 0.289 e. The number of carbonyl (C=O) groups excluding carboxylic acids is 2. The van der Waals surface area contributed by atoms with Crippen molar-refractivity contribution in [2.45, 2.75) is 4.90 Å². The number of furan rings is 1. The van der Waals surface area contributed by atoms with Crippen molar-refractivity contribution >= 4 is 44.6 Å². The number of likely N-dealkylation sites (N-methyl/N-ethyl adjacent to an activating group) is 1. The Labute approximate surface area is 177 Å². The van der Waals surface area contributed by atoms with Crippen molar-refractivity contribution in [2.24, 2.45) is 0 Å². The van der Waals surface area contributed by atoms with Crippen LogP contribution in [-0.4, -0.2) is 82.9 Å². The largest absolute Gasteiger partial charge is 0.459 e. The van der Waals surface area contributed by atoms with E-state index in [1.807, 2.05) is 0 Å². The molecule has 0 aliphatic carbocycles. The van der Waals surface area contributed by atoms with E-state index in [-0.39, 0.29) is 29.0 Å². The van der Waals surface area contributed by atoms with E-state index in [1.165, 1.54) is 19.4 Å². The van der Waals surface area contributed by atoms with Crippen LogP contribution in [-0.2, 0) is 14.8 Å². The highest BCUT2D eigenvalue weighted by Crippen LogP contribution is 2.23. The van der Waals surface area contributed by atoms with Gasteiger partial charge in [0.25, 0.3) is 5.91 Å². The summed E-state index contributed by atoms with van der Waals surface area (Å²) in [6.45, 7) is 1.05. The summed E-state index contributed by atoms with van der Waals surface area (Å²) in [5, 5.41) is 0. The summed E-state index contributed by atoms with van der Waals surface area (Å²) in [6, 6.07) is 7.98. The molecule has 2 amide bonds. The Bertz CT molecular complexity index is 1170. The summed E-state index contributed by atoms with van der Waals surface area (Å²) in [5.74, 6) is -0.294. The number of benzene rings is 1. The Morgan fingerprint density at radius 1 is 1.10 bits per heavy atom. The second-order valence-corrected chi connectivity index (χ2v) is 9.34. The van der Waals surface area contributed by atoms with Crippen molar-refractivity contribution < 1.29 is 22.4 Å². The molecule has 4 rings (SSSR count). The van der Waals surface area contributed by atoms with Crippen molar-refractivity contribution in [1.82, 2.24) is 22.9 Å². The molecule has 158 valence electrons. The standard InChI is InChI=1S/C18H19N5O5S2/c1-21(30(26,27)15-6-2-4-13-17(15)20-29-19-13)12-16(24)22-7-9-23(10-8-22)18(25)14-5-3-11-28-14/h2-6,11H,7-10,12H2,1H3. The van der Waals surface area contributed by atoms with Gasteiger partial charge >= 0.3 is 0 Å². The van der Waals surface area contributed by atoms with Crippen molar-refractivity contribution in [1.29, 1.82) is 0 Å². The molecule has 2 aromatic heterocycles. The Kier molecular flexibility index (Phi) is 5.54. The maximum absolute atomic E-state index is 13.0. The minimum Gasteiger partial charge on any atom is -0.459 e.